The zero-order valence-electron chi connectivity index (χ0n) is 16.4. The van der Waals surface area contributed by atoms with Gasteiger partial charge in [0, 0.05) is 29.6 Å². The Morgan fingerprint density at radius 1 is 1.15 bits per heavy atom. The summed E-state index contributed by atoms with van der Waals surface area (Å²) in [6.45, 7) is 8.68. The van der Waals surface area contributed by atoms with E-state index in [0.29, 0.717) is 0 Å². The highest BCUT2D eigenvalue weighted by Crippen LogP contribution is 2.23. The van der Waals surface area contributed by atoms with Crippen molar-refractivity contribution in [1.82, 2.24) is 4.57 Å². The van der Waals surface area contributed by atoms with Gasteiger partial charge in [-0.15, -0.1) is 0 Å². The average Bonchev–Trinajstić information content (AvgIpc) is 2.98. The number of carbonyl (C=O) groups is 1. The molecule has 0 aliphatic heterocycles. The average molecular weight is 431 g/mol. The third-order valence-electron chi connectivity index (χ3n) is 4.35. The number of hydrogen-bond acceptors (Lipinski definition) is 2. The summed E-state index contributed by atoms with van der Waals surface area (Å²) in [4.78, 5) is 12.6. The molecule has 0 radical (unpaired) electrons. The maximum Gasteiger partial charge on any atom is 0.419 e. The van der Waals surface area contributed by atoms with E-state index in [0.717, 1.165) is 35.9 Å². The fourth-order valence-electron chi connectivity index (χ4n) is 3.09. The van der Waals surface area contributed by atoms with Crippen LogP contribution in [0.1, 0.15) is 38.8 Å². The van der Waals surface area contributed by atoms with Gasteiger partial charge >= 0.3 is 6.09 Å². The van der Waals surface area contributed by atoms with Crippen molar-refractivity contribution in [2.24, 2.45) is 0 Å². The minimum atomic E-state index is -0.515. The largest absolute Gasteiger partial charge is 1.00 e. The van der Waals surface area contributed by atoms with Gasteiger partial charge in [-0.3, -0.25) is 4.57 Å². The Hall–Kier alpha value is -2.14. The number of para-hydroxylation sites is 1. The van der Waals surface area contributed by atoms with Crippen molar-refractivity contribution < 1.29 is 31.1 Å². The third-order valence-corrected chi connectivity index (χ3v) is 4.35. The van der Waals surface area contributed by atoms with Gasteiger partial charge in [0.25, 0.3) is 0 Å². The number of benzene rings is 1. The van der Waals surface area contributed by atoms with Gasteiger partial charge in [0.1, 0.15) is 5.60 Å². The molecule has 1 aromatic carbocycles. The molecule has 0 N–H and O–H groups in total. The molecular formula is C22H27BrN2O2. The molecule has 3 rings (SSSR count). The summed E-state index contributed by atoms with van der Waals surface area (Å²) in [6.07, 6.45) is 7.75. The first kappa shape index (κ1) is 21.2. The van der Waals surface area contributed by atoms with Gasteiger partial charge in [-0.1, -0.05) is 25.1 Å². The minimum absolute atomic E-state index is 0. The molecule has 2 aromatic heterocycles. The summed E-state index contributed by atoms with van der Waals surface area (Å²) in [5.74, 6) is 0. The van der Waals surface area contributed by atoms with Crippen molar-refractivity contribution in [2.45, 2.75) is 52.7 Å². The van der Waals surface area contributed by atoms with Gasteiger partial charge < -0.3 is 21.7 Å². The van der Waals surface area contributed by atoms with Crippen LogP contribution < -0.4 is 21.5 Å². The monoisotopic (exact) mass is 430 g/mol. The fraction of sp³-hybridized carbons (Fsp3) is 0.364. The Morgan fingerprint density at radius 2 is 1.89 bits per heavy atom. The molecule has 0 aliphatic rings. The number of ether oxygens (including phenoxy) is 1. The van der Waals surface area contributed by atoms with Gasteiger partial charge in [0.05, 0.1) is 5.52 Å². The van der Waals surface area contributed by atoms with Crippen molar-refractivity contribution in [3.8, 4) is 0 Å². The lowest BCUT2D eigenvalue weighted by Gasteiger charge is -2.19. The topological polar surface area (TPSA) is 35.1 Å². The first-order valence-corrected chi connectivity index (χ1v) is 9.17. The van der Waals surface area contributed by atoms with Crippen LogP contribution in [0.25, 0.3) is 10.9 Å². The molecule has 144 valence electrons. The normalized spacial score (nSPS) is 11.3. The summed E-state index contributed by atoms with van der Waals surface area (Å²) in [5.41, 5.74) is 2.85. The second-order valence-electron chi connectivity index (χ2n) is 7.58. The summed E-state index contributed by atoms with van der Waals surface area (Å²) < 4.78 is 9.39. The molecular weight excluding hydrogens is 404 g/mol. The van der Waals surface area contributed by atoms with Crippen LogP contribution in [-0.2, 0) is 24.1 Å². The van der Waals surface area contributed by atoms with Gasteiger partial charge in [-0.25, -0.2) is 9.36 Å². The van der Waals surface area contributed by atoms with E-state index in [2.05, 4.69) is 42.1 Å². The number of fused-ring (bicyclic) bond motifs is 1. The highest BCUT2D eigenvalue weighted by atomic mass is 79.9. The van der Waals surface area contributed by atoms with Crippen LogP contribution in [0.5, 0.6) is 0 Å². The Balaban J connectivity index is 0.00000261. The van der Waals surface area contributed by atoms with Crippen molar-refractivity contribution in [3.05, 3.63) is 66.1 Å². The molecule has 0 saturated carbocycles. The molecule has 3 aromatic rings. The fourth-order valence-corrected chi connectivity index (χ4v) is 3.09. The van der Waals surface area contributed by atoms with Crippen LogP contribution in [0.2, 0.25) is 0 Å². The number of halogens is 1. The molecule has 0 aliphatic carbocycles. The maximum atomic E-state index is 12.6. The zero-order valence-corrected chi connectivity index (χ0v) is 18.0. The molecule has 0 unspecified atom stereocenters. The molecule has 0 bridgehead atoms. The van der Waals surface area contributed by atoms with Crippen molar-refractivity contribution in [3.63, 3.8) is 0 Å². The van der Waals surface area contributed by atoms with E-state index in [1.807, 2.05) is 45.2 Å². The number of aryl methyl sites for hydroxylation is 3. The van der Waals surface area contributed by atoms with Crippen molar-refractivity contribution in [1.29, 1.82) is 0 Å². The highest BCUT2D eigenvalue weighted by molar-refractivity contribution is 5.92. The zero-order chi connectivity index (χ0) is 18.7. The number of carbonyl (C=O) groups excluding carboxylic acids is 1. The van der Waals surface area contributed by atoms with E-state index in [4.69, 9.17) is 4.74 Å². The number of rotatable bonds is 4. The van der Waals surface area contributed by atoms with Gasteiger partial charge in [0.2, 0.25) is 0 Å². The van der Waals surface area contributed by atoms with Crippen LogP contribution in [0.3, 0.4) is 0 Å². The lowest BCUT2D eigenvalue weighted by Crippen LogP contribution is -3.00. The predicted molar refractivity (Wildman–Crippen MR) is 103 cm³/mol. The summed E-state index contributed by atoms with van der Waals surface area (Å²) in [7, 11) is 0. The molecule has 27 heavy (non-hydrogen) atoms. The first-order chi connectivity index (χ1) is 12.4. The van der Waals surface area contributed by atoms with Gasteiger partial charge in [-0.2, -0.15) is 0 Å². The van der Waals surface area contributed by atoms with Gasteiger partial charge in [-0.05, 0) is 44.9 Å². The second kappa shape index (κ2) is 8.70. The smallest absolute Gasteiger partial charge is 0.419 e. The Morgan fingerprint density at radius 3 is 2.59 bits per heavy atom. The molecule has 0 amide bonds. The lowest BCUT2D eigenvalue weighted by atomic mass is 10.1. The molecule has 4 nitrogen and oxygen atoms in total. The Labute approximate surface area is 171 Å². The van der Waals surface area contributed by atoms with Gasteiger partial charge in [0.15, 0.2) is 18.9 Å². The van der Waals surface area contributed by atoms with Crippen LogP contribution >= 0.6 is 0 Å². The summed E-state index contributed by atoms with van der Waals surface area (Å²) >= 11 is 0. The maximum absolute atomic E-state index is 12.6. The van der Waals surface area contributed by atoms with E-state index in [1.54, 1.807) is 4.57 Å². The van der Waals surface area contributed by atoms with E-state index >= 15 is 0 Å². The molecule has 0 saturated heterocycles. The van der Waals surface area contributed by atoms with E-state index in [-0.39, 0.29) is 23.1 Å². The van der Waals surface area contributed by atoms with E-state index in [9.17, 15) is 4.79 Å². The highest BCUT2D eigenvalue weighted by Gasteiger charge is 2.20. The molecule has 0 spiro atoms. The quantitative estimate of drug-likeness (QED) is 0.588. The number of aromatic nitrogens is 2. The van der Waals surface area contributed by atoms with E-state index in [1.165, 1.54) is 5.56 Å². The van der Waals surface area contributed by atoms with Crippen LogP contribution in [-0.4, -0.2) is 16.3 Å². The standard InChI is InChI=1S/C22H27N2O2.BrH/c1-5-17-9-8-13-23(15-17)14-12-18-16-24(21(25)26-22(2,3)4)20-11-7-6-10-19(18)20;/h6-11,13,15-16H,5,12,14H2,1-4H3;1H/q+1;/p-1. The van der Waals surface area contributed by atoms with Crippen molar-refractivity contribution in [2.75, 3.05) is 0 Å². The summed E-state index contributed by atoms with van der Waals surface area (Å²) in [6, 6.07) is 12.2. The van der Waals surface area contributed by atoms with Crippen LogP contribution in [0.4, 0.5) is 4.79 Å². The molecule has 5 heteroatoms. The summed E-state index contributed by atoms with van der Waals surface area (Å²) in [5, 5.41) is 1.10. The number of pyridine rings is 1. The van der Waals surface area contributed by atoms with E-state index < -0.39 is 5.60 Å². The Kier molecular flexibility index (Phi) is 6.82. The third kappa shape index (κ3) is 5.19. The SMILES string of the molecule is CCc1ccc[n+](CCc2cn(C(=O)OC(C)(C)C)c3ccccc23)c1.[Br-]. The van der Waals surface area contributed by atoms with Crippen molar-refractivity contribution >= 4 is 17.0 Å². The molecule has 0 fully saturated rings. The molecule has 0 atom stereocenters. The second-order valence-corrected chi connectivity index (χ2v) is 7.58. The number of nitrogens with zero attached hydrogens (tertiary/aromatic N) is 2. The first-order valence-electron chi connectivity index (χ1n) is 9.17. The molecule has 2 heterocycles. The lowest BCUT2D eigenvalue weighted by molar-refractivity contribution is -0.696. The minimum Gasteiger partial charge on any atom is -1.00 e. The Bertz CT molecular complexity index is 925. The van der Waals surface area contributed by atoms with Crippen LogP contribution in [0.15, 0.2) is 55.0 Å². The van der Waals surface area contributed by atoms with Crippen LogP contribution in [0, 0.1) is 0 Å². The predicted octanol–water partition coefficient (Wildman–Crippen LogP) is 1.52. The number of hydrogen-bond donors (Lipinski definition) is 0.